The van der Waals surface area contributed by atoms with Crippen LogP contribution in [0.1, 0.15) is 35.4 Å². The summed E-state index contributed by atoms with van der Waals surface area (Å²) >= 11 is 0. The lowest BCUT2D eigenvalue weighted by molar-refractivity contribution is 0.0950. The molecule has 1 aliphatic heterocycles. The third-order valence-corrected chi connectivity index (χ3v) is 4.42. The molecule has 0 radical (unpaired) electrons. The molecular formula is C19H25N5O. The van der Waals surface area contributed by atoms with Gasteiger partial charge in [-0.3, -0.25) is 4.79 Å². The van der Waals surface area contributed by atoms with Crippen molar-refractivity contribution in [2.24, 2.45) is 0 Å². The zero-order valence-corrected chi connectivity index (χ0v) is 14.9. The van der Waals surface area contributed by atoms with Crippen molar-refractivity contribution in [2.45, 2.75) is 25.8 Å². The first kappa shape index (κ1) is 17.2. The van der Waals surface area contributed by atoms with Gasteiger partial charge in [0.1, 0.15) is 11.6 Å². The highest BCUT2D eigenvalue weighted by Gasteiger charge is 2.13. The molecule has 1 fully saturated rings. The van der Waals surface area contributed by atoms with Crippen molar-refractivity contribution in [2.75, 3.05) is 37.0 Å². The molecule has 1 aromatic carbocycles. The molecule has 2 aromatic rings. The normalized spacial score (nSPS) is 14.2. The number of piperidine rings is 1. The minimum atomic E-state index is -0.114. The summed E-state index contributed by atoms with van der Waals surface area (Å²) in [6.45, 7) is 2.41. The molecule has 1 saturated heterocycles. The van der Waals surface area contributed by atoms with Crippen LogP contribution in [0.2, 0.25) is 0 Å². The summed E-state index contributed by atoms with van der Waals surface area (Å²) in [6.07, 6.45) is 5.47. The molecule has 1 aliphatic rings. The third-order valence-electron chi connectivity index (χ3n) is 4.42. The number of hydrogen-bond acceptors (Lipinski definition) is 5. The van der Waals surface area contributed by atoms with Crippen LogP contribution in [0.25, 0.3) is 0 Å². The predicted molar refractivity (Wildman–Crippen MR) is 100 cm³/mol. The van der Waals surface area contributed by atoms with Gasteiger partial charge in [-0.1, -0.05) is 0 Å². The van der Waals surface area contributed by atoms with Crippen LogP contribution in [0.15, 0.2) is 36.5 Å². The summed E-state index contributed by atoms with van der Waals surface area (Å²) in [5, 5.41) is 2.90. The van der Waals surface area contributed by atoms with Crippen molar-refractivity contribution < 1.29 is 4.79 Å². The van der Waals surface area contributed by atoms with Crippen molar-refractivity contribution in [3.63, 3.8) is 0 Å². The van der Waals surface area contributed by atoms with Crippen LogP contribution < -0.4 is 15.1 Å². The van der Waals surface area contributed by atoms with Gasteiger partial charge < -0.3 is 15.1 Å². The number of hydrogen-bond donors (Lipinski definition) is 1. The summed E-state index contributed by atoms with van der Waals surface area (Å²) in [5.41, 5.74) is 1.70. The van der Waals surface area contributed by atoms with E-state index in [1.807, 2.05) is 49.3 Å². The quantitative estimate of drug-likeness (QED) is 0.907. The molecule has 132 valence electrons. The van der Waals surface area contributed by atoms with Crippen molar-refractivity contribution in [3.8, 4) is 0 Å². The lowest BCUT2D eigenvalue weighted by Crippen LogP contribution is -2.31. The number of carbonyl (C=O) groups is 1. The largest absolute Gasteiger partial charge is 0.378 e. The van der Waals surface area contributed by atoms with Gasteiger partial charge in [0.2, 0.25) is 0 Å². The lowest BCUT2D eigenvalue weighted by Gasteiger charge is -2.27. The van der Waals surface area contributed by atoms with Crippen LogP contribution in [0.4, 0.5) is 11.5 Å². The summed E-state index contributed by atoms with van der Waals surface area (Å²) in [7, 11) is 3.95. The van der Waals surface area contributed by atoms with E-state index in [4.69, 9.17) is 0 Å². The highest BCUT2D eigenvalue weighted by atomic mass is 16.1. The van der Waals surface area contributed by atoms with E-state index < -0.39 is 0 Å². The van der Waals surface area contributed by atoms with Gasteiger partial charge in [-0.05, 0) is 49.6 Å². The SMILES string of the molecule is CN(C)c1ccc(C(=O)NCc2nccc(N3CCCCC3)n2)cc1. The fraction of sp³-hybridized carbons (Fsp3) is 0.421. The average Bonchev–Trinajstić information content (AvgIpc) is 2.67. The first-order valence-corrected chi connectivity index (χ1v) is 8.76. The van der Waals surface area contributed by atoms with E-state index in [0.717, 1.165) is 24.6 Å². The van der Waals surface area contributed by atoms with Crippen LogP contribution in [0.3, 0.4) is 0 Å². The molecule has 25 heavy (non-hydrogen) atoms. The molecule has 6 nitrogen and oxygen atoms in total. The minimum absolute atomic E-state index is 0.114. The summed E-state index contributed by atoms with van der Waals surface area (Å²) in [5.74, 6) is 1.48. The molecule has 6 heteroatoms. The zero-order valence-electron chi connectivity index (χ0n) is 14.9. The van der Waals surface area contributed by atoms with Gasteiger partial charge in [0, 0.05) is 44.6 Å². The maximum atomic E-state index is 12.3. The Hall–Kier alpha value is -2.63. The molecule has 0 saturated carbocycles. The van der Waals surface area contributed by atoms with Crippen molar-refractivity contribution in [1.29, 1.82) is 0 Å². The van der Waals surface area contributed by atoms with E-state index in [-0.39, 0.29) is 5.91 Å². The van der Waals surface area contributed by atoms with Gasteiger partial charge in [0.05, 0.1) is 6.54 Å². The van der Waals surface area contributed by atoms with Gasteiger partial charge in [0.15, 0.2) is 0 Å². The van der Waals surface area contributed by atoms with Crippen LogP contribution in [0.5, 0.6) is 0 Å². The Morgan fingerprint density at radius 2 is 1.84 bits per heavy atom. The van der Waals surface area contributed by atoms with Crippen LogP contribution in [-0.4, -0.2) is 43.1 Å². The molecule has 1 amide bonds. The predicted octanol–water partition coefficient (Wildman–Crippen LogP) is 2.46. The highest BCUT2D eigenvalue weighted by molar-refractivity contribution is 5.94. The summed E-state index contributed by atoms with van der Waals surface area (Å²) in [4.78, 5) is 25.5. The Labute approximate surface area is 148 Å². The fourth-order valence-electron chi connectivity index (χ4n) is 2.94. The first-order chi connectivity index (χ1) is 12.1. The van der Waals surface area contributed by atoms with E-state index >= 15 is 0 Å². The molecule has 0 aliphatic carbocycles. The van der Waals surface area contributed by atoms with Crippen molar-refractivity contribution in [3.05, 3.63) is 47.9 Å². The van der Waals surface area contributed by atoms with E-state index in [1.54, 1.807) is 6.20 Å². The van der Waals surface area contributed by atoms with Crippen LogP contribution in [0, 0.1) is 0 Å². The zero-order chi connectivity index (χ0) is 17.6. The molecule has 2 heterocycles. The number of nitrogens with zero attached hydrogens (tertiary/aromatic N) is 4. The first-order valence-electron chi connectivity index (χ1n) is 8.76. The Bertz CT molecular complexity index is 708. The molecule has 0 bridgehead atoms. The molecule has 1 aromatic heterocycles. The van der Waals surface area contributed by atoms with E-state index in [9.17, 15) is 4.79 Å². The second-order valence-corrected chi connectivity index (χ2v) is 6.50. The Balaban J connectivity index is 1.60. The topological polar surface area (TPSA) is 61.4 Å². The molecule has 0 spiro atoms. The number of nitrogens with one attached hydrogen (secondary N) is 1. The molecule has 3 rings (SSSR count). The Kier molecular flexibility index (Phi) is 5.48. The smallest absolute Gasteiger partial charge is 0.251 e. The minimum Gasteiger partial charge on any atom is -0.378 e. The maximum Gasteiger partial charge on any atom is 0.251 e. The van der Waals surface area contributed by atoms with E-state index in [1.165, 1.54) is 19.3 Å². The van der Waals surface area contributed by atoms with Gasteiger partial charge in [-0.15, -0.1) is 0 Å². The number of amides is 1. The van der Waals surface area contributed by atoms with Gasteiger partial charge in [-0.2, -0.15) is 0 Å². The monoisotopic (exact) mass is 339 g/mol. The average molecular weight is 339 g/mol. The fourth-order valence-corrected chi connectivity index (χ4v) is 2.94. The second kappa shape index (κ2) is 7.96. The molecule has 0 unspecified atom stereocenters. The summed E-state index contributed by atoms with van der Waals surface area (Å²) < 4.78 is 0. The molecular weight excluding hydrogens is 314 g/mol. The standard InChI is InChI=1S/C19H25N5O/c1-23(2)16-8-6-15(7-9-16)19(25)21-14-17-20-11-10-18(22-17)24-12-4-3-5-13-24/h6-11H,3-5,12-14H2,1-2H3,(H,21,25). The second-order valence-electron chi connectivity index (χ2n) is 6.50. The van der Waals surface area contributed by atoms with Gasteiger partial charge >= 0.3 is 0 Å². The van der Waals surface area contributed by atoms with Gasteiger partial charge in [-0.25, -0.2) is 9.97 Å². The van der Waals surface area contributed by atoms with E-state index in [0.29, 0.717) is 17.9 Å². The molecule has 1 N–H and O–H groups in total. The number of rotatable bonds is 5. The van der Waals surface area contributed by atoms with Crippen molar-refractivity contribution in [1.82, 2.24) is 15.3 Å². The Morgan fingerprint density at radius 3 is 2.52 bits per heavy atom. The summed E-state index contributed by atoms with van der Waals surface area (Å²) in [6, 6.07) is 9.47. The Morgan fingerprint density at radius 1 is 1.12 bits per heavy atom. The van der Waals surface area contributed by atoms with Crippen LogP contribution in [-0.2, 0) is 6.54 Å². The molecule has 0 atom stereocenters. The maximum absolute atomic E-state index is 12.3. The van der Waals surface area contributed by atoms with Crippen LogP contribution >= 0.6 is 0 Å². The third kappa shape index (κ3) is 4.47. The number of aromatic nitrogens is 2. The number of carbonyl (C=O) groups excluding carboxylic acids is 1. The van der Waals surface area contributed by atoms with Gasteiger partial charge in [0.25, 0.3) is 5.91 Å². The number of benzene rings is 1. The van der Waals surface area contributed by atoms with Crippen molar-refractivity contribution >= 4 is 17.4 Å². The lowest BCUT2D eigenvalue weighted by atomic mass is 10.1. The van der Waals surface area contributed by atoms with E-state index in [2.05, 4.69) is 20.2 Å². The highest BCUT2D eigenvalue weighted by Crippen LogP contribution is 2.17. The number of anilines is 2.